The molecule has 5 rings (SSSR count). The minimum absolute atomic E-state index is 0.169. The zero-order valence-corrected chi connectivity index (χ0v) is 20.8. The van der Waals surface area contributed by atoms with Crippen molar-refractivity contribution in [3.8, 4) is 0 Å². The molecule has 11 atom stereocenters. The summed E-state index contributed by atoms with van der Waals surface area (Å²) in [5.41, 5.74) is 6.86. The first kappa shape index (κ1) is 22.9. The van der Waals surface area contributed by atoms with E-state index in [2.05, 4.69) is 43.8 Å². The largest absolute Gasteiger partial charge is 0.393 e. The Balaban J connectivity index is 1.40. The SMILES string of the molecule is CC[C@@H]1C2C[C@H](O)CC[C@@]2(C)[C@H]2CCC3(C)[C@@H]([C@H](C)CC4=NN(C)NN4)CC[C@H]3C2[C@@H]1O. The monoisotopic (exact) mass is 446 g/mol. The molecule has 0 aromatic carbocycles. The number of amidine groups is 1. The summed E-state index contributed by atoms with van der Waals surface area (Å²) in [4.78, 5) is 0. The van der Waals surface area contributed by atoms with E-state index in [0.717, 1.165) is 37.9 Å². The van der Waals surface area contributed by atoms with Crippen LogP contribution in [0.4, 0.5) is 0 Å². The lowest BCUT2D eigenvalue weighted by molar-refractivity contribution is -0.203. The Hall–Kier alpha value is -0.850. The van der Waals surface area contributed by atoms with Crippen LogP contribution in [0.5, 0.6) is 0 Å². The predicted octanol–water partition coefficient (Wildman–Crippen LogP) is 3.91. The first-order valence-electron chi connectivity index (χ1n) is 13.4. The third-order valence-electron chi connectivity index (χ3n) is 11.3. The van der Waals surface area contributed by atoms with E-state index < -0.39 is 0 Å². The van der Waals surface area contributed by atoms with Gasteiger partial charge < -0.3 is 10.2 Å². The molecule has 182 valence electrons. The minimum atomic E-state index is -0.203. The highest BCUT2D eigenvalue weighted by Gasteiger charge is 2.64. The number of hydrogen-bond donors (Lipinski definition) is 4. The van der Waals surface area contributed by atoms with Crippen LogP contribution in [0.1, 0.15) is 85.5 Å². The Bertz CT molecular complexity index is 745. The highest BCUT2D eigenvalue weighted by Crippen LogP contribution is 2.69. The van der Waals surface area contributed by atoms with Gasteiger partial charge in [0.2, 0.25) is 0 Å². The van der Waals surface area contributed by atoms with Crippen LogP contribution in [0.25, 0.3) is 0 Å². The summed E-state index contributed by atoms with van der Waals surface area (Å²) in [6.45, 7) is 9.76. The van der Waals surface area contributed by atoms with Crippen molar-refractivity contribution in [2.45, 2.75) is 97.7 Å². The van der Waals surface area contributed by atoms with Gasteiger partial charge in [0.05, 0.1) is 12.2 Å². The smallest absolute Gasteiger partial charge is 0.139 e. The molecule has 5 aliphatic rings. The zero-order valence-electron chi connectivity index (χ0n) is 20.8. The average molecular weight is 447 g/mol. The molecular weight excluding hydrogens is 400 g/mol. The molecule has 3 unspecified atom stereocenters. The van der Waals surface area contributed by atoms with E-state index in [4.69, 9.17) is 0 Å². The third-order valence-corrected chi connectivity index (χ3v) is 11.3. The van der Waals surface area contributed by atoms with Crippen molar-refractivity contribution < 1.29 is 10.2 Å². The Labute approximate surface area is 194 Å². The Morgan fingerprint density at radius 2 is 1.78 bits per heavy atom. The summed E-state index contributed by atoms with van der Waals surface area (Å²) < 4.78 is 0. The molecule has 0 spiro atoms. The van der Waals surface area contributed by atoms with Gasteiger partial charge in [0.1, 0.15) is 5.84 Å². The molecule has 4 aliphatic carbocycles. The van der Waals surface area contributed by atoms with Crippen molar-refractivity contribution >= 4 is 5.84 Å². The summed E-state index contributed by atoms with van der Waals surface area (Å²) in [6, 6.07) is 0. The van der Waals surface area contributed by atoms with Gasteiger partial charge in [0, 0.05) is 13.5 Å². The second kappa shape index (κ2) is 8.13. The number of hydrazone groups is 1. The quantitative estimate of drug-likeness (QED) is 0.527. The number of aliphatic hydroxyl groups excluding tert-OH is 2. The average Bonchev–Trinajstić information content (AvgIpc) is 3.32. The standard InChI is InChI=1S/C26H46N4O2/c1-6-17-21-14-16(31)9-11-26(21,4)20-10-12-25(3)18(7-8-19(25)23(20)24(17)32)15(2)13-22-27-29-30(5)28-22/h15-21,23-24,29,31-32H,6-14H2,1-5H3,(H,27,28)/t15-,16-,17-,18-,19+,20+,21?,23?,24-,25?,26+/m1/s1. The molecule has 4 fully saturated rings. The first-order valence-corrected chi connectivity index (χ1v) is 13.4. The van der Waals surface area contributed by atoms with Gasteiger partial charge in [-0.25, -0.2) is 5.12 Å². The summed E-state index contributed by atoms with van der Waals surface area (Å²) in [5.74, 6) is 4.80. The van der Waals surface area contributed by atoms with E-state index in [9.17, 15) is 10.2 Å². The number of hydrazine groups is 2. The van der Waals surface area contributed by atoms with E-state index in [1.807, 2.05) is 7.05 Å². The zero-order chi connectivity index (χ0) is 22.8. The van der Waals surface area contributed by atoms with E-state index in [-0.39, 0.29) is 17.6 Å². The lowest BCUT2D eigenvalue weighted by Crippen LogP contribution is -2.62. The Morgan fingerprint density at radius 3 is 2.47 bits per heavy atom. The van der Waals surface area contributed by atoms with Crippen LogP contribution < -0.4 is 11.0 Å². The van der Waals surface area contributed by atoms with Gasteiger partial charge in [0.15, 0.2) is 0 Å². The number of fused-ring (bicyclic) bond motifs is 5. The minimum Gasteiger partial charge on any atom is -0.393 e. The maximum Gasteiger partial charge on any atom is 0.139 e. The van der Waals surface area contributed by atoms with Gasteiger partial charge >= 0.3 is 0 Å². The second-order valence-electron chi connectivity index (χ2n) is 12.6. The molecule has 6 heteroatoms. The molecule has 6 nitrogen and oxygen atoms in total. The lowest BCUT2D eigenvalue weighted by Gasteiger charge is -2.64. The van der Waals surface area contributed by atoms with Crippen molar-refractivity contribution in [3.63, 3.8) is 0 Å². The van der Waals surface area contributed by atoms with Gasteiger partial charge in [-0.3, -0.25) is 5.43 Å². The van der Waals surface area contributed by atoms with Crippen LogP contribution in [-0.2, 0) is 0 Å². The number of hydrogen-bond acceptors (Lipinski definition) is 6. The molecule has 0 aromatic heterocycles. The van der Waals surface area contributed by atoms with Crippen molar-refractivity contribution in [3.05, 3.63) is 0 Å². The number of aliphatic hydroxyl groups is 2. The maximum atomic E-state index is 11.8. The van der Waals surface area contributed by atoms with Crippen LogP contribution in [0, 0.1) is 52.3 Å². The fourth-order valence-electron chi connectivity index (χ4n) is 9.85. The predicted molar refractivity (Wildman–Crippen MR) is 127 cm³/mol. The molecule has 32 heavy (non-hydrogen) atoms. The number of nitrogens with zero attached hydrogens (tertiary/aromatic N) is 2. The molecule has 0 aromatic rings. The number of rotatable bonds is 4. The lowest BCUT2D eigenvalue weighted by atomic mass is 9.41. The molecule has 0 amide bonds. The molecule has 0 saturated heterocycles. The van der Waals surface area contributed by atoms with Gasteiger partial charge in [-0.15, -0.1) is 10.6 Å². The summed E-state index contributed by atoms with van der Waals surface area (Å²) in [5, 5.41) is 28.6. The number of nitrogens with one attached hydrogen (secondary N) is 2. The Kier molecular flexibility index (Phi) is 5.82. The summed E-state index contributed by atoms with van der Waals surface area (Å²) in [6.07, 6.45) is 9.72. The molecule has 0 bridgehead atoms. The maximum absolute atomic E-state index is 11.8. The fourth-order valence-corrected chi connectivity index (χ4v) is 9.85. The molecule has 4 saturated carbocycles. The van der Waals surface area contributed by atoms with E-state index in [0.29, 0.717) is 46.8 Å². The van der Waals surface area contributed by atoms with E-state index >= 15 is 0 Å². The van der Waals surface area contributed by atoms with E-state index in [1.54, 1.807) is 5.12 Å². The van der Waals surface area contributed by atoms with Crippen molar-refractivity contribution in [1.82, 2.24) is 16.1 Å². The topological polar surface area (TPSA) is 80.1 Å². The molecule has 1 aliphatic heterocycles. The van der Waals surface area contributed by atoms with E-state index in [1.165, 1.54) is 25.7 Å². The second-order valence-corrected chi connectivity index (χ2v) is 12.6. The molecular formula is C26H46N4O2. The first-order chi connectivity index (χ1) is 15.2. The molecule has 4 N–H and O–H groups in total. The van der Waals surface area contributed by atoms with Crippen LogP contribution in [0.15, 0.2) is 5.10 Å². The van der Waals surface area contributed by atoms with Crippen LogP contribution in [0.3, 0.4) is 0 Å². The van der Waals surface area contributed by atoms with Gasteiger partial charge in [-0.1, -0.05) is 34.1 Å². The van der Waals surface area contributed by atoms with Crippen LogP contribution >= 0.6 is 0 Å². The molecule has 0 radical (unpaired) electrons. The summed E-state index contributed by atoms with van der Waals surface area (Å²) in [7, 11) is 1.92. The highest BCUT2D eigenvalue weighted by molar-refractivity contribution is 5.82. The van der Waals surface area contributed by atoms with Crippen LogP contribution in [0.2, 0.25) is 0 Å². The molecule has 1 heterocycles. The van der Waals surface area contributed by atoms with Gasteiger partial charge in [-0.05, 0) is 97.2 Å². The van der Waals surface area contributed by atoms with Gasteiger partial charge in [-0.2, -0.15) is 0 Å². The third kappa shape index (κ3) is 3.34. The Morgan fingerprint density at radius 1 is 1.06 bits per heavy atom. The normalized spacial score (nSPS) is 51.3. The summed E-state index contributed by atoms with van der Waals surface area (Å²) >= 11 is 0. The van der Waals surface area contributed by atoms with Gasteiger partial charge in [0.25, 0.3) is 0 Å². The van der Waals surface area contributed by atoms with Crippen LogP contribution in [-0.4, -0.2) is 40.4 Å². The van der Waals surface area contributed by atoms with Crippen molar-refractivity contribution in [2.24, 2.45) is 57.4 Å². The fraction of sp³-hybridized carbons (Fsp3) is 0.962. The van der Waals surface area contributed by atoms with Crippen molar-refractivity contribution in [1.29, 1.82) is 0 Å². The van der Waals surface area contributed by atoms with Crippen molar-refractivity contribution in [2.75, 3.05) is 7.05 Å². The highest BCUT2D eigenvalue weighted by atomic mass is 16.3.